The molecule has 11 heteroatoms. The standard InChI is InChI=1S/C16H17F3N8/c1-10-8-12(21-9-20-10)22-11-4-6-26(7-5-11)14-3-2-13-23-24-15(16(17,18)19)27(13)25-14/h2-3,8-9,11H,4-7H2,1H3,(H,20,21,22). The highest BCUT2D eigenvalue weighted by molar-refractivity contribution is 5.46. The molecule has 1 N–H and O–H groups in total. The number of fused-ring (bicyclic) bond motifs is 1. The molecule has 0 radical (unpaired) electrons. The summed E-state index contributed by atoms with van der Waals surface area (Å²) in [5.41, 5.74) is 0.957. The molecule has 0 aromatic carbocycles. The van der Waals surface area contributed by atoms with Crippen LogP contribution in [0.3, 0.4) is 0 Å². The minimum absolute atomic E-state index is 0.0711. The van der Waals surface area contributed by atoms with Crippen LogP contribution < -0.4 is 10.2 Å². The first-order chi connectivity index (χ1) is 12.9. The number of alkyl halides is 3. The molecular formula is C16H17F3N8. The molecule has 0 unspecified atom stereocenters. The van der Waals surface area contributed by atoms with Crippen molar-refractivity contribution in [3.05, 3.63) is 36.0 Å². The number of hydrogen-bond acceptors (Lipinski definition) is 7. The molecule has 27 heavy (non-hydrogen) atoms. The fourth-order valence-electron chi connectivity index (χ4n) is 3.12. The SMILES string of the molecule is Cc1cc(NC2CCN(c3ccc4nnc(C(F)(F)F)n4n3)CC2)ncn1. The van der Waals surface area contributed by atoms with Gasteiger partial charge in [0.05, 0.1) is 0 Å². The molecule has 1 fully saturated rings. The van der Waals surface area contributed by atoms with Gasteiger partial charge in [-0.2, -0.15) is 17.7 Å². The van der Waals surface area contributed by atoms with E-state index in [0.29, 0.717) is 18.9 Å². The lowest BCUT2D eigenvalue weighted by molar-refractivity contribution is -0.146. The Bertz CT molecular complexity index is 946. The van der Waals surface area contributed by atoms with Crippen molar-refractivity contribution in [3.63, 3.8) is 0 Å². The zero-order chi connectivity index (χ0) is 19.0. The summed E-state index contributed by atoms with van der Waals surface area (Å²) >= 11 is 0. The fourth-order valence-corrected chi connectivity index (χ4v) is 3.12. The van der Waals surface area contributed by atoms with Crippen molar-refractivity contribution < 1.29 is 13.2 Å². The maximum atomic E-state index is 13.0. The van der Waals surface area contributed by atoms with E-state index in [2.05, 4.69) is 30.6 Å². The van der Waals surface area contributed by atoms with Crippen LogP contribution in [0.2, 0.25) is 0 Å². The number of rotatable bonds is 3. The van der Waals surface area contributed by atoms with Crippen LogP contribution in [0.1, 0.15) is 24.4 Å². The highest BCUT2D eigenvalue weighted by Crippen LogP contribution is 2.28. The lowest BCUT2D eigenvalue weighted by Crippen LogP contribution is -2.39. The number of nitrogens with zero attached hydrogens (tertiary/aromatic N) is 7. The number of halogens is 3. The van der Waals surface area contributed by atoms with Crippen molar-refractivity contribution in [2.24, 2.45) is 0 Å². The van der Waals surface area contributed by atoms with Gasteiger partial charge in [0, 0.05) is 30.9 Å². The number of aromatic nitrogens is 6. The average Bonchev–Trinajstić information content (AvgIpc) is 3.06. The van der Waals surface area contributed by atoms with Gasteiger partial charge in [-0.15, -0.1) is 15.3 Å². The molecule has 8 nitrogen and oxygen atoms in total. The maximum Gasteiger partial charge on any atom is 0.453 e. The summed E-state index contributed by atoms with van der Waals surface area (Å²) in [6, 6.07) is 5.29. The third kappa shape index (κ3) is 3.62. The first-order valence-electron chi connectivity index (χ1n) is 8.50. The molecule has 3 aromatic heterocycles. The molecule has 4 rings (SSSR count). The third-order valence-corrected chi connectivity index (χ3v) is 4.48. The van der Waals surface area contributed by atoms with Crippen molar-refractivity contribution in [2.75, 3.05) is 23.3 Å². The molecule has 1 aliphatic heterocycles. The van der Waals surface area contributed by atoms with Crippen LogP contribution in [0.15, 0.2) is 24.5 Å². The Morgan fingerprint density at radius 3 is 2.59 bits per heavy atom. The summed E-state index contributed by atoms with van der Waals surface area (Å²) < 4.78 is 39.8. The molecule has 0 aliphatic carbocycles. The predicted octanol–water partition coefficient (Wildman–Crippen LogP) is 2.32. The van der Waals surface area contributed by atoms with Gasteiger partial charge in [-0.1, -0.05) is 0 Å². The van der Waals surface area contributed by atoms with E-state index in [9.17, 15) is 13.2 Å². The molecule has 142 valence electrons. The second-order valence-corrected chi connectivity index (χ2v) is 6.43. The Kier molecular flexibility index (Phi) is 4.28. The Morgan fingerprint density at radius 2 is 1.89 bits per heavy atom. The summed E-state index contributed by atoms with van der Waals surface area (Å²) in [6.07, 6.45) is -1.45. The fraction of sp³-hybridized carbons (Fsp3) is 0.438. The van der Waals surface area contributed by atoms with Crippen LogP contribution in [0.25, 0.3) is 5.65 Å². The molecule has 1 saturated heterocycles. The monoisotopic (exact) mass is 378 g/mol. The highest BCUT2D eigenvalue weighted by Gasteiger charge is 2.37. The molecular weight excluding hydrogens is 361 g/mol. The minimum atomic E-state index is -4.60. The molecule has 3 aromatic rings. The zero-order valence-corrected chi connectivity index (χ0v) is 14.5. The number of aryl methyl sites for hydroxylation is 1. The molecule has 0 saturated carbocycles. The largest absolute Gasteiger partial charge is 0.453 e. The molecule has 0 bridgehead atoms. The van der Waals surface area contributed by atoms with E-state index in [1.165, 1.54) is 12.4 Å². The number of nitrogens with one attached hydrogen (secondary N) is 1. The van der Waals surface area contributed by atoms with E-state index in [-0.39, 0.29) is 11.7 Å². The van der Waals surface area contributed by atoms with Gasteiger partial charge in [0.15, 0.2) is 5.65 Å². The quantitative estimate of drug-likeness (QED) is 0.749. The van der Waals surface area contributed by atoms with E-state index in [1.54, 1.807) is 6.07 Å². The molecule has 0 spiro atoms. The van der Waals surface area contributed by atoms with Crippen molar-refractivity contribution in [2.45, 2.75) is 32.0 Å². The molecule has 0 atom stereocenters. The predicted molar refractivity (Wildman–Crippen MR) is 91.4 cm³/mol. The van der Waals surface area contributed by atoms with Gasteiger partial charge in [-0.3, -0.25) is 0 Å². The Morgan fingerprint density at radius 1 is 1.11 bits per heavy atom. The second-order valence-electron chi connectivity index (χ2n) is 6.43. The van der Waals surface area contributed by atoms with Crippen LogP contribution in [-0.2, 0) is 6.18 Å². The Balaban J connectivity index is 1.46. The Hall–Kier alpha value is -2.98. The van der Waals surface area contributed by atoms with Gasteiger partial charge in [-0.25, -0.2) is 9.97 Å². The lowest BCUT2D eigenvalue weighted by atomic mass is 10.1. The minimum Gasteiger partial charge on any atom is -0.367 e. The summed E-state index contributed by atoms with van der Waals surface area (Å²) in [6.45, 7) is 3.24. The number of hydrogen-bond donors (Lipinski definition) is 1. The molecule has 4 heterocycles. The smallest absolute Gasteiger partial charge is 0.367 e. The Labute approximate surface area is 152 Å². The van der Waals surface area contributed by atoms with E-state index in [4.69, 9.17) is 0 Å². The molecule has 0 amide bonds. The summed E-state index contributed by atoms with van der Waals surface area (Å²) in [4.78, 5) is 10.2. The normalized spacial score (nSPS) is 16.1. The lowest BCUT2D eigenvalue weighted by Gasteiger charge is -2.33. The van der Waals surface area contributed by atoms with Crippen LogP contribution in [0, 0.1) is 6.92 Å². The second kappa shape index (κ2) is 6.63. The molecule has 1 aliphatic rings. The summed E-state index contributed by atoms with van der Waals surface area (Å²) in [7, 11) is 0. The van der Waals surface area contributed by atoms with Gasteiger partial charge < -0.3 is 10.2 Å². The van der Waals surface area contributed by atoms with Crippen LogP contribution >= 0.6 is 0 Å². The van der Waals surface area contributed by atoms with Crippen molar-refractivity contribution in [1.29, 1.82) is 0 Å². The summed E-state index contributed by atoms with van der Waals surface area (Å²) in [5.74, 6) is 0.138. The topological polar surface area (TPSA) is 84.1 Å². The van der Waals surface area contributed by atoms with E-state index in [0.717, 1.165) is 28.9 Å². The first-order valence-corrected chi connectivity index (χ1v) is 8.50. The summed E-state index contributed by atoms with van der Waals surface area (Å²) in [5, 5.41) is 14.2. The van der Waals surface area contributed by atoms with Crippen molar-refractivity contribution in [3.8, 4) is 0 Å². The van der Waals surface area contributed by atoms with Crippen molar-refractivity contribution >= 4 is 17.3 Å². The van der Waals surface area contributed by atoms with Crippen LogP contribution in [-0.4, -0.2) is 48.9 Å². The van der Waals surface area contributed by atoms with Gasteiger partial charge in [0.1, 0.15) is 18.0 Å². The van der Waals surface area contributed by atoms with Gasteiger partial charge >= 0.3 is 6.18 Å². The van der Waals surface area contributed by atoms with Gasteiger partial charge in [-0.05, 0) is 31.9 Å². The average molecular weight is 378 g/mol. The van der Waals surface area contributed by atoms with Crippen molar-refractivity contribution in [1.82, 2.24) is 29.8 Å². The van der Waals surface area contributed by atoms with E-state index in [1.807, 2.05) is 17.9 Å². The van der Waals surface area contributed by atoms with Crippen LogP contribution in [0.4, 0.5) is 24.8 Å². The first kappa shape index (κ1) is 17.4. The van der Waals surface area contributed by atoms with Crippen LogP contribution in [0.5, 0.6) is 0 Å². The maximum absolute atomic E-state index is 13.0. The number of piperidine rings is 1. The van der Waals surface area contributed by atoms with E-state index < -0.39 is 12.0 Å². The highest BCUT2D eigenvalue weighted by atomic mass is 19.4. The van der Waals surface area contributed by atoms with E-state index >= 15 is 0 Å². The zero-order valence-electron chi connectivity index (χ0n) is 14.5. The third-order valence-electron chi connectivity index (χ3n) is 4.48. The van der Waals surface area contributed by atoms with Gasteiger partial charge in [0.2, 0.25) is 0 Å². The van der Waals surface area contributed by atoms with Gasteiger partial charge in [0.25, 0.3) is 5.82 Å². The number of anilines is 2.